The third kappa shape index (κ3) is 1.97. The zero-order valence-electron chi connectivity index (χ0n) is 9.43. The van der Waals surface area contributed by atoms with Crippen molar-refractivity contribution in [1.29, 1.82) is 0 Å². The average molecular weight is 230 g/mol. The molecule has 0 radical (unpaired) electrons. The van der Waals surface area contributed by atoms with Crippen LogP contribution in [0.15, 0.2) is 30.5 Å². The predicted octanol–water partition coefficient (Wildman–Crippen LogP) is 1.73. The number of fused-ring (bicyclic) bond motifs is 1. The monoisotopic (exact) mass is 230 g/mol. The van der Waals surface area contributed by atoms with Crippen LogP contribution in [0.4, 0.5) is 5.69 Å². The van der Waals surface area contributed by atoms with Gasteiger partial charge in [-0.3, -0.25) is 4.98 Å². The van der Waals surface area contributed by atoms with Crippen molar-refractivity contribution >= 4 is 16.6 Å². The lowest BCUT2D eigenvalue weighted by Gasteiger charge is -2.26. The summed E-state index contributed by atoms with van der Waals surface area (Å²) < 4.78 is 10.8. The van der Waals surface area contributed by atoms with Crippen LogP contribution in [0, 0.1) is 0 Å². The normalized spacial score (nSPS) is 16.0. The Bertz CT molecular complexity index is 538. The lowest BCUT2D eigenvalue weighted by molar-refractivity contribution is -0.135. The topological polar surface area (TPSA) is 57.4 Å². The molecule has 1 aliphatic rings. The Labute approximate surface area is 99.4 Å². The molecular formula is C13H14N2O2. The zero-order valence-corrected chi connectivity index (χ0v) is 9.43. The maximum absolute atomic E-state index is 5.92. The van der Waals surface area contributed by atoms with Crippen LogP contribution in [-0.2, 0) is 16.1 Å². The molecule has 2 N–H and O–H groups in total. The van der Waals surface area contributed by atoms with E-state index >= 15 is 0 Å². The number of hydrogen-bond acceptors (Lipinski definition) is 4. The lowest BCUT2D eigenvalue weighted by Crippen LogP contribution is -2.35. The summed E-state index contributed by atoms with van der Waals surface area (Å²) in [5.74, 6) is 0. The van der Waals surface area contributed by atoms with E-state index in [1.54, 1.807) is 6.20 Å². The molecule has 4 nitrogen and oxygen atoms in total. The van der Waals surface area contributed by atoms with Crippen molar-refractivity contribution in [2.24, 2.45) is 0 Å². The van der Waals surface area contributed by atoms with Gasteiger partial charge in [-0.2, -0.15) is 0 Å². The molecule has 0 unspecified atom stereocenters. The van der Waals surface area contributed by atoms with Gasteiger partial charge in [-0.25, -0.2) is 0 Å². The smallest absolute Gasteiger partial charge is 0.105 e. The van der Waals surface area contributed by atoms with Crippen LogP contribution < -0.4 is 5.73 Å². The second-order valence-electron chi connectivity index (χ2n) is 4.18. The van der Waals surface area contributed by atoms with Crippen molar-refractivity contribution in [2.75, 3.05) is 18.9 Å². The van der Waals surface area contributed by atoms with Gasteiger partial charge in [0.15, 0.2) is 0 Å². The van der Waals surface area contributed by atoms with E-state index in [-0.39, 0.29) is 6.10 Å². The zero-order chi connectivity index (χ0) is 11.7. The Kier molecular flexibility index (Phi) is 2.66. The average Bonchev–Trinajstić information content (AvgIpc) is 2.30. The number of nitrogens with zero attached hydrogens (tertiary/aromatic N) is 1. The molecule has 88 valence electrons. The molecule has 1 aromatic heterocycles. The summed E-state index contributed by atoms with van der Waals surface area (Å²) in [6.45, 7) is 1.95. The van der Waals surface area contributed by atoms with Crippen molar-refractivity contribution in [3.63, 3.8) is 0 Å². The second kappa shape index (κ2) is 4.31. The van der Waals surface area contributed by atoms with Gasteiger partial charge in [0.2, 0.25) is 0 Å². The lowest BCUT2D eigenvalue weighted by atomic mass is 10.1. The highest BCUT2D eigenvalue weighted by Crippen LogP contribution is 2.23. The fourth-order valence-electron chi connectivity index (χ4n) is 1.89. The quantitative estimate of drug-likeness (QED) is 0.816. The molecule has 1 fully saturated rings. The van der Waals surface area contributed by atoms with Crippen molar-refractivity contribution in [3.05, 3.63) is 36.0 Å². The van der Waals surface area contributed by atoms with Crippen LogP contribution in [0.2, 0.25) is 0 Å². The molecule has 0 atom stereocenters. The number of pyridine rings is 1. The molecule has 1 aliphatic heterocycles. The van der Waals surface area contributed by atoms with Gasteiger partial charge in [-0.05, 0) is 18.2 Å². The van der Waals surface area contributed by atoms with Gasteiger partial charge >= 0.3 is 0 Å². The van der Waals surface area contributed by atoms with Gasteiger partial charge in [0.05, 0.1) is 25.3 Å². The number of nitrogen functional groups attached to an aromatic ring is 1. The molecule has 4 heteroatoms. The van der Waals surface area contributed by atoms with Gasteiger partial charge in [0.1, 0.15) is 6.10 Å². The summed E-state index contributed by atoms with van der Waals surface area (Å²) in [6.07, 6.45) is 2.00. The molecule has 0 amide bonds. The Balaban J connectivity index is 1.90. The first kappa shape index (κ1) is 10.5. The molecule has 0 bridgehead atoms. The van der Waals surface area contributed by atoms with E-state index in [4.69, 9.17) is 15.2 Å². The van der Waals surface area contributed by atoms with Gasteiger partial charge in [0.25, 0.3) is 0 Å². The van der Waals surface area contributed by atoms with E-state index in [1.807, 2.05) is 24.3 Å². The standard InChI is InChI=1S/C13H14N2O2/c14-12-4-3-9(6-17-10-7-16-8-10)13-11(12)2-1-5-15-13/h1-5,10H,6-8,14H2. The minimum atomic E-state index is 0.228. The molecule has 0 spiro atoms. The largest absolute Gasteiger partial charge is 0.398 e. The van der Waals surface area contributed by atoms with E-state index in [0.29, 0.717) is 19.8 Å². The van der Waals surface area contributed by atoms with Crippen molar-refractivity contribution in [3.8, 4) is 0 Å². The molecular weight excluding hydrogens is 216 g/mol. The summed E-state index contributed by atoms with van der Waals surface area (Å²) in [5.41, 5.74) is 8.67. The number of anilines is 1. The highest BCUT2D eigenvalue weighted by Gasteiger charge is 2.19. The van der Waals surface area contributed by atoms with E-state index < -0.39 is 0 Å². The number of ether oxygens (including phenoxy) is 2. The predicted molar refractivity (Wildman–Crippen MR) is 65.6 cm³/mol. The van der Waals surface area contributed by atoms with Crippen LogP contribution in [0.1, 0.15) is 5.56 Å². The third-order valence-electron chi connectivity index (χ3n) is 2.97. The van der Waals surface area contributed by atoms with Crippen LogP contribution >= 0.6 is 0 Å². The molecule has 1 saturated heterocycles. The summed E-state index contributed by atoms with van der Waals surface area (Å²) in [4.78, 5) is 4.37. The van der Waals surface area contributed by atoms with Gasteiger partial charge in [0, 0.05) is 22.8 Å². The van der Waals surface area contributed by atoms with E-state index in [2.05, 4.69) is 4.98 Å². The first-order valence-electron chi connectivity index (χ1n) is 5.66. The molecule has 0 aliphatic carbocycles. The Morgan fingerprint density at radius 1 is 1.35 bits per heavy atom. The number of hydrogen-bond donors (Lipinski definition) is 1. The van der Waals surface area contributed by atoms with Gasteiger partial charge < -0.3 is 15.2 Å². The molecule has 2 heterocycles. The number of nitrogens with two attached hydrogens (primary N) is 1. The fourth-order valence-corrected chi connectivity index (χ4v) is 1.89. The van der Waals surface area contributed by atoms with E-state index in [9.17, 15) is 0 Å². The van der Waals surface area contributed by atoms with Crippen molar-refractivity contribution in [1.82, 2.24) is 4.98 Å². The first-order valence-corrected chi connectivity index (χ1v) is 5.66. The maximum Gasteiger partial charge on any atom is 0.105 e. The van der Waals surface area contributed by atoms with Crippen LogP contribution in [0.5, 0.6) is 0 Å². The van der Waals surface area contributed by atoms with Gasteiger partial charge in [-0.1, -0.05) is 6.07 Å². The van der Waals surface area contributed by atoms with Crippen LogP contribution in [-0.4, -0.2) is 24.3 Å². The molecule has 2 aromatic rings. The summed E-state index contributed by atoms with van der Waals surface area (Å²) in [5, 5.41) is 0.985. The molecule has 3 rings (SSSR count). The van der Waals surface area contributed by atoms with Gasteiger partial charge in [-0.15, -0.1) is 0 Å². The van der Waals surface area contributed by atoms with Crippen LogP contribution in [0.3, 0.4) is 0 Å². The third-order valence-corrected chi connectivity index (χ3v) is 2.97. The van der Waals surface area contributed by atoms with Crippen molar-refractivity contribution in [2.45, 2.75) is 12.7 Å². The number of rotatable bonds is 3. The minimum Gasteiger partial charge on any atom is -0.398 e. The molecule has 1 aromatic carbocycles. The number of aromatic nitrogens is 1. The fraction of sp³-hybridized carbons (Fsp3) is 0.308. The Morgan fingerprint density at radius 3 is 3.00 bits per heavy atom. The van der Waals surface area contributed by atoms with E-state index in [1.165, 1.54) is 0 Å². The second-order valence-corrected chi connectivity index (χ2v) is 4.18. The van der Waals surface area contributed by atoms with E-state index in [0.717, 1.165) is 22.2 Å². The highest BCUT2D eigenvalue weighted by molar-refractivity contribution is 5.92. The highest BCUT2D eigenvalue weighted by atomic mass is 16.6. The van der Waals surface area contributed by atoms with Crippen LogP contribution in [0.25, 0.3) is 10.9 Å². The summed E-state index contributed by atoms with van der Waals surface area (Å²) in [6, 6.07) is 7.75. The SMILES string of the molecule is Nc1ccc(COC2COC2)c2ncccc12. The summed E-state index contributed by atoms with van der Waals surface area (Å²) >= 11 is 0. The Hall–Kier alpha value is -1.65. The minimum absolute atomic E-state index is 0.228. The molecule has 17 heavy (non-hydrogen) atoms. The maximum atomic E-state index is 5.92. The number of benzene rings is 1. The summed E-state index contributed by atoms with van der Waals surface area (Å²) in [7, 11) is 0. The Morgan fingerprint density at radius 2 is 2.24 bits per heavy atom. The molecule has 0 saturated carbocycles. The van der Waals surface area contributed by atoms with Crippen molar-refractivity contribution < 1.29 is 9.47 Å². The first-order chi connectivity index (χ1) is 8.34.